The number of hydrogen-bond donors (Lipinski definition) is 2. The summed E-state index contributed by atoms with van der Waals surface area (Å²) in [6.07, 6.45) is 3.41. The van der Waals surface area contributed by atoms with Gasteiger partial charge in [0.05, 0.1) is 6.61 Å². The van der Waals surface area contributed by atoms with Crippen molar-refractivity contribution in [2.75, 3.05) is 12.4 Å². The van der Waals surface area contributed by atoms with Crippen LogP contribution in [0.1, 0.15) is 35.9 Å². The molecular formula is C17H20N6O2. The molecule has 8 heteroatoms. The van der Waals surface area contributed by atoms with Crippen LogP contribution in [0.25, 0.3) is 11.5 Å². The number of methoxy groups -OCH3 is 1. The van der Waals surface area contributed by atoms with Gasteiger partial charge >= 0.3 is 0 Å². The van der Waals surface area contributed by atoms with Crippen molar-refractivity contribution in [3.63, 3.8) is 0 Å². The molecule has 2 N–H and O–H groups in total. The Hall–Kier alpha value is -3.00. The molecule has 3 rings (SSSR count). The fourth-order valence-electron chi connectivity index (χ4n) is 2.44. The molecule has 0 saturated carbocycles. The monoisotopic (exact) mass is 340 g/mol. The average molecular weight is 340 g/mol. The molecule has 0 aliphatic heterocycles. The van der Waals surface area contributed by atoms with Gasteiger partial charge in [-0.1, -0.05) is 6.07 Å². The number of carbonyl (C=O) groups is 1. The number of pyridine rings is 1. The maximum absolute atomic E-state index is 12.3. The normalized spacial score (nSPS) is 11.0. The quantitative estimate of drug-likeness (QED) is 0.719. The molecule has 0 radical (unpaired) electrons. The van der Waals surface area contributed by atoms with Crippen LogP contribution in [0.2, 0.25) is 0 Å². The molecule has 8 nitrogen and oxygen atoms in total. The van der Waals surface area contributed by atoms with Crippen LogP contribution in [-0.2, 0) is 11.3 Å². The molecule has 0 aliphatic carbocycles. The standard InChI is InChI=1S/C17H20N6O2/c1-11(2)23-10-19-22-16(23)13-5-4-6-15(20-13)21-17(24)14-7-12(8-18-14)9-25-3/h4-8,10-11,18H,9H2,1-3H3,(H,20,21,24). The number of aromatic nitrogens is 5. The second kappa shape index (κ2) is 7.27. The molecule has 0 fully saturated rings. The van der Waals surface area contributed by atoms with Crippen molar-refractivity contribution in [3.05, 3.63) is 48.0 Å². The molecule has 3 aromatic rings. The van der Waals surface area contributed by atoms with Crippen molar-refractivity contribution < 1.29 is 9.53 Å². The third-order valence-electron chi connectivity index (χ3n) is 3.65. The summed E-state index contributed by atoms with van der Waals surface area (Å²) in [6, 6.07) is 7.35. The summed E-state index contributed by atoms with van der Waals surface area (Å²) in [6.45, 7) is 4.53. The van der Waals surface area contributed by atoms with Crippen LogP contribution in [0, 0.1) is 0 Å². The van der Waals surface area contributed by atoms with Crippen molar-refractivity contribution in [2.45, 2.75) is 26.5 Å². The van der Waals surface area contributed by atoms with Gasteiger partial charge in [0.25, 0.3) is 5.91 Å². The molecule has 1 amide bonds. The zero-order valence-corrected chi connectivity index (χ0v) is 14.4. The summed E-state index contributed by atoms with van der Waals surface area (Å²) in [5.74, 6) is 0.842. The number of ether oxygens (including phenoxy) is 1. The summed E-state index contributed by atoms with van der Waals surface area (Å²) in [4.78, 5) is 19.8. The maximum Gasteiger partial charge on any atom is 0.273 e. The zero-order chi connectivity index (χ0) is 17.8. The van der Waals surface area contributed by atoms with E-state index in [1.807, 2.05) is 30.5 Å². The summed E-state index contributed by atoms with van der Waals surface area (Å²) in [7, 11) is 1.61. The number of rotatable bonds is 6. The highest BCUT2D eigenvalue weighted by Gasteiger charge is 2.13. The predicted molar refractivity (Wildman–Crippen MR) is 93.1 cm³/mol. The van der Waals surface area contributed by atoms with E-state index in [2.05, 4.69) is 25.5 Å². The van der Waals surface area contributed by atoms with E-state index in [-0.39, 0.29) is 11.9 Å². The first-order valence-corrected chi connectivity index (χ1v) is 7.93. The third kappa shape index (κ3) is 3.74. The van der Waals surface area contributed by atoms with E-state index in [1.165, 1.54) is 0 Å². The minimum atomic E-state index is -0.266. The lowest BCUT2D eigenvalue weighted by molar-refractivity contribution is 0.102. The van der Waals surface area contributed by atoms with Gasteiger partial charge in [-0.05, 0) is 37.6 Å². The molecule has 3 heterocycles. The van der Waals surface area contributed by atoms with E-state index >= 15 is 0 Å². The Bertz CT molecular complexity index is 867. The van der Waals surface area contributed by atoms with Crippen molar-refractivity contribution >= 4 is 11.7 Å². The molecule has 0 saturated heterocycles. The topological polar surface area (TPSA) is 97.7 Å². The minimum absolute atomic E-state index is 0.211. The molecule has 0 spiro atoms. The van der Waals surface area contributed by atoms with E-state index in [4.69, 9.17) is 4.74 Å². The second-order valence-corrected chi connectivity index (χ2v) is 5.87. The Morgan fingerprint density at radius 3 is 3.00 bits per heavy atom. The highest BCUT2D eigenvalue weighted by atomic mass is 16.5. The van der Waals surface area contributed by atoms with Gasteiger partial charge in [-0.3, -0.25) is 4.79 Å². The molecule has 3 aromatic heterocycles. The average Bonchev–Trinajstić information content (AvgIpc) is 3.25. The van der Waals surface area contributed by atoms with Crippen LogP contribution < -0.4 is 5.32 Å². The Kier molecular flexibility index (Phi) is 4.90. The van der Waals surface area contributed by atoms with Crippen molar-refractivity contribution in [1.29, 1.82) is 0 Å². The van der Waals surface area contributed by atoms with E-state index in [9.17, 15) is 4.79 Å². The number of anilines is 1. The van der Waals surface area contributed by atoms with E-state index in [1.54, 1.807) is 31.8 Å². The van der Waals surface area contributed by atoms with Crippen LogP contribution in [0.5, 0.6) is 0 Å². The third-order valence-corrected chi connectivity index (χ3v) is 3.65. The first-order valence-electron chi connectivity index (χ1n) is 7.93. The number of nitrogens with one attached hydrogen (secondary N) is 2. The van der Waals surface area contributed by atoms with Gasteiger partial charge in [0.2, 0.25) is 0 Å². The minimum Gasteiger partial charge on any atom is -0.380 e. The molecule has 25 heavy (non-hydrogen) atoms. The fourth-order valence-corrected chi connectivity index (χ4v) is 2.44. The molecule has 0 aliphatic rings. The van der Waals surface area contributed by atoms with Gasteiger partial charge in [-0.25, -0.2) is 4.98 Å². The van der Waals surface area contributed by atoms with E-state index in [0.717, 1.165) is 5.56 Å². The lowest BCUT2D eigenvalue weighted by Crippen LogP contribution is -2.13. The largest absolute Gasteiger partial charge is 0.380 e. The highest BCUT2D eigenvalue weighted by Crippen LogP contribution is 2.20. The second-order valence-electron chi connectivity index (χ2n) is 5.87. The summed E-state index contributed by atoms with van der Waals surface area (Å²) >= 11 is 0. The Morgan fingerprint density at radius 1 is 1.40 bits per heavy atom. The predicted octanol–water partition coefficient (Wildman–Crippen LogP) is 2.65. The highest BCUT2D eigenvalue weighted by molar-refractivity contribution is 6.02. The molecular weight excluding hydrogens is 320 g/mol. The molecule has 0 atom stereocenters. The van der Waals surface area contributed by atoms with Crippen molar-refractivity contribution in [1.82, 2.24) is 24.7 Å². The van der Waals surface area contributed by atoms with Crippen molar-refractivity contribution in [3.8, 4) is 11.5 Å². The number of hydrogen-bond acceptors (Lipinski definition) is 5. The van der Waals surface area contributed by atoms with Gasteiger partial charge in [-0.2, -0.15) is 0 Å². The zero-order valence-electron chi connectivity index (χ0n) is 14.4. The number of H-pyrrole nitrogens is 1. The summed E-state index contributed by atoms with van der Waals surface area (Å²) < 4.78 is 6.97. The van der Waals surface area contributed by atoms with Crippen LogP contribution in [0.4, 0.5) is 5.82 Å². The number of carbonyl (C=O) groups excluding carboxylic acids is 1. The van der Waals surface area contributed by atoms with E-state index < -0.39 is 0 Å². The number of aromatic amines is 1. The van der Waals surface area contributed by atoms with Crippen LogP contribution >= 0.6 is 0 Å². The number of amides is 1. The molecule has 0 bridgehead atoms. The van der Waals surface area contributed by atoms with Gasteiger partial charge in [0, 0.05) is 19.3 Å². The maximum atomic E-state index is 12.3. The Morgan fingerprint density at radius 2 is 2.24 bits per heavy atom. The molecule has 0 unspecified atom stereocenters. The lowest BCUT2D eigenvalue weighted by atomic mass is 10.3. The smallest absolute Gasteiger partial charge is 0.273 e. The first kappa shape index (κ1) is 16.8. The fraction of sp³-hybridized carbons (Fsp3) is 0.294. The van der Waals surface area contributed by atoms with Crippen molar-refractivity contribution in [2.24, 2.45) is 0 Å². The van der Waals surface area contributed by atoms with Gasteiger partial charge in [0.15, 0.2) is 5.82 Å². The summed E-state index contributed by atoms with van der Waals surface area (Å²) in [5.41, 5.74) is 2.00. The van der Waals surface area contributed by atoms with E-state index in [0.29, 0.717) is 29.6 Å². The number of nitrogens with zero attached hydrogens (tertiary/aromatic N) is 4. The Labute approximate surface area is 145 Å². The van der Waals surface area contributed by atoms with Crippen LogP contribution in [-0.4, -0.2) is 37.7 Å². The summed E-state index contributed by atoms with van der Waals surface area (Å²) in [5, 5.41) is 10.9. The molecule has 130 valence electrons. The SMILES string of the molecule is COCc1c[nH]c(C(=O)Nc2cccc(-c3nncn3C(C)C)n2)c1. The molecule has 0 aromatic carbocycles. The van der Waals surface area contributed by atoms with Crippen LogP contribution in [0.3, 0.4) is 0 Å². The Balaban J connectivity index is 1.79. The first-order chi connectivity index (χ1) is 12.1. The lowest BCUT2D eigenvalue weighted by Gasteiger charge is -2.10. The van der Waals surface area contributed by atoms with Gasteiger partial charge in [0.1, 0.15) is 23.5 Å². The van der Waals surface area contributed by atoms with Gasteiger partial charge < -0.3 is 19.6 Å². The van der Waals surface area contributed by atoms with Gasteiger partial charge in [-0.15, -0.1) is 10.2 Å². The van der Waals surface area contributed by atoms with Crippen LogP contribution in [0.15, 0.2) is 36.8 Å².